The molecule has 0 aromatic heterocycles. The van der Waals surface area contributed by atoms with Gasteiger partial charge >= 0.3 is 0 Å². The van der Waals surface area contributed by atoms with E-state index in [2.05, 4.69) is 61.4 Å². The Morgan fingerprint density at radius 2 is 1.54 bits per heavy atom. The average Bonchev–Trinajstić information content (AvgIpc) is 2.86. The fraction of sp³-hybridized carbons (Fsp3) is 0.269. The Bertz CT molecular complexity index is 1280. The molecule has 1 saturated heterocycles. The summed E-state index contributed by atoms with van der Waals surface area (Å²) in [5, 5.41) is 3.06. The molecule has 9 heteroatoms. The highest BCUT2D eigenvalue weighted by molar-refractivity contribution is 9.11. The van der Waals surface area contributed by atoms with E-state index < -0.39 is 10.0 Å². The second-order valence-corrected chi connectivity index (χ2v) is 12.2. The fourth-order valence-corrected chi connectivity index (χ4v) is 7.00. The van der Waals surface area contributed by atoms with Crippen molar-refractivity contribution in [3.63, 3.8) is 0 Å². The van der Waals surface area contributed by atoms with Crippen LogP contribution in [-0.4, -0.2) is 56.3 Å². The van der Waals surface area contributed by atoms with Crippen LogP contribution >= 0.6 is 31.9 Å². The average molecular weight is 621 g/mol. The number of hydrogen-bond acceptors (Lipinski definition) is 4. The number of nitrogens with one attached hydrogen (secondary N) is 1. The number of carbonyl (C=O) groups excluding carboxylic acids is 1. The Kier molecular flexibility index (Phi) is 8.44. The fourth-order valence-electron chi connectivity index (χ4n) is 4.11. The van der Waals surface area contributed by atoms with Crippen LogP contribution in [0.15, 0.2) is 86.6 Å². The molecule has 0 radical (unpaired) electrons. The summed E-state index contributed by atoms with van der Waals surface area (Å²) in [6, 6.07) is 23.4. The molecule has 0 bridgehead atoms. The zero-order valence-electron chi connectivity index (χ0n) is 19.3. The molecular formula is C26H27Br2N3O3S. The first-order valence-corrected chi connectivity index (χ1v) is 14.4. The topological polar surface area (TPSA) is 69.7 Å². The third-order valence-corrected chi connectivity index (χ3v) is 9.49. The van der Waals surface area contributed by atoms with E-state index >= 15 is 0 Å². The molecule has 1 fully saturated rings. The molecule has 1 amide bonds. The molecule has 0 aliphatic carbocycles. The van der Waals surface area contributed by atoms with Gasteiger partial charge in [0.05, 0.1) is 17.5 Å². The number of hydrogen-bond donors (Lipinski definition) is 1. The zero-order valence-corrected chi connectivity index (χ0v) is 23.3. The molecule has 0 spiro atoms. The van der Waals surface area contributed by atoms with Gasteiger partial charge in [-0.1, -0.05) is 70.5 Å². The van der Waals surface area contributed by atoms with Crippen molar-refractivity contribution in [2.24, 2.45) is 0 Å². The van der Waals surface area contributed by atoms with Crippen LogP contribution in [0.1, 0.15) is 18.5 Å². The van der Waals surface area contributed by atoms with Gasteiger partial charge in [-0.3, -0.25) is 9.69 Å². The predicted molar refractivity (Wildman–Crippen MR) is 145 cm³/mol. The monoisotopic (exact) mass is 619 g/mol. The third kappa shape index (κ3) is 6.40. The van der Waals surface area contributed by atoms with Crippen molar-refractivity contribution in [2.45, 2.75) is 17.9 Å². The van der Waals surface area contributed by atoms with Gasteiger partial charge in [0, 0.05) is 35.1 Å². The van der Waals surface area contributed by atoms with E-state index in [4.69, 9.17) is 0 Å². The third-order valence-electron chi connectivity index (χ3n) is 6.10. The lowest BCUT2D eigenvalue weighted by Gasteiger charge is -2.34. The second kappa shape index (κ2) is 11.3. The summed E-state index contributed by atoms with van der Waals surface area (Å²) in [5.74, 6) is -0.0734. The highest BCUT2D eigenvalue weighted by Crippen LogP contribution is 2.29. The van der Waals surface area contributed by atoms with Gasteiger partial charge in [0.15, 0.2) is 0 Å². The maximum atomic E-state index is 13.1. The predicted octanol–water partition coefficient (Wildman–Crippen LogP) is 5.06. The molecule has 3 aromatic rings. The Morgan fingerprint density at radius 1 is 0.914 bits per heavy atom. The summed E-state index contributed by atoms with van der Waals surface area (Å²) >= 11 is 6.69. The van der Waals surface area contributed by atoms with Gasteiger partial charge in [0.1, 0.15) is 0 Å². The summed E-state index contributed by atoms with van der Waals surface area (Å²) < 4.78 is 28.9. The number of benzene rings is 3. The molecule has 6 nitrogen and oxygen atoms in total. The smallest absolute Gasteiger partial charge is 0.244 e. The van der Waals surface area contributed by atoms with Gasteiger partial charge in [-0.15, -0.1) is 0 Å². The van der Waals surface area contributed by atoms with Gasteiger partial charge in [-0.25, -0.2) is 8.42 Å². The summed E-state index contributed by atoms with van der Waals surface area (Å²) in [4.78, 5) is 14.9. The molecule has 0 saturated carbocycles. The normalized spacial score (nSPS) is 16.1. The molecule has 1 unspecified atom stereocenters. The first kappa shape index (κ1) is 26.0. The Labute approximate surface area is 223 Å². The SMILES string of the molecule is CC(NC(=O)CN1CCN(S(=O)(=O)c2cc(Br)ccc2Br)CC1)c1ccc(-c2ccccc2)cc1. The number of halogens is 2. The molecule has 1 heterocycles. The van der Waals surface area contributed by atoms with Crippen molar-refractivity contribution in [1.29, 1.82) is 0 Å². The Morgan fingerprint density at radius 3 is 2.20 bits per heavy atom. The minimum atomic E-state index is -3.62. The summed E-state index contributed by atoms with van der Waals surface area (Å²) in [6.07, 6.45) is 0. The van der Waals surface area contributed by atoms with Crippen molar-refractivity contribution < 1.29 is 13.2 Å². The minimum Gasteiger partial charge on any atom is -0.348 e. The summed E-state index contributed by atoms with van der Waals surface area (Å²) in [7, 11) is -3.62. The van der Waals surface area contributed by atoms with Crippen molar-refractivity contribution in [1.82, 2.24) is 14.5 Å². The molecule has 1 atom stereocenters. The minimum absolute atomic E-state index is 0.0734. The largest absolute Gasteiger partial charge is 0.348 e. The van der Waals surface area contributed by atoms with Crippen molar-refractivity contribution in [3.8, 4) is 11.1 Å². The number of carbonyl (C=O) groups is 1. The van der Waals surface area contributed by atoms with Gasteiger partial charge in [0.25, 0.3) is 0 Å². The van der Waals surface area contributed by atoms with E-state index in [1.54, 1.807) is 18.2 Å². The van der Waals surface area contributed by atoms with E-state index in [1.807, 2.05) is 42.2 Å². The molecule has 1 aliphatic heterocycles. The quantitative estimate of drug-likeness (QED) is 0.401. The maximum absolute atomic E-state index is 13.1. The van der Waals surface area contributed by atoms with E-state index in [9.17, 15) is 13.2 Å². The van der Waals surface area contributed by atoms with Crippen LogP contribution in [-0.2, 0) is 14.8 Å². The zero-order chi connectivity index (χ0) is 25.0. The van der Waals surface area contributed by atoms with E-state index in [0.717, 1.165) is 16.7 Å². The Hall–Kier alpha value is -2.04. The maximum Gasteiger partial charge on any atom is 0.244 e. The van der Waals surface area contributed by atoms with Crippen LogP contribution in [0.25, 0.3) is 11.1 Å². The number of nitrogens with zero attached hydrogens (tertiary/aromatic N) is 2. The van der Waals surface area contributed by atoms with Crippen LogP contribution < -0.4 is 5.32 Å². The van der Waals surface area contributed by atoms with E-state index in [1.165, 1.54) is 4.31 Å². The Balaban J connectivity index is 1.29. The lowest BCUT2D eigenvalue weighted by Crippen LogP contribution is -2.51. The van der Waals surface area contributed by atoms with Crippen LogP contribution in [0.5, 0.6) is 0 Å². The van der Waals surface area contributed by atoms with Crippen molar-refractivity contribution in [3.05, 3.63) is 87.3 Å². The van der Waals surface area contributed by atoms with Crippen molar-refractivity contribution >= 4 is 47.8 Å². The van der Waals surface area contributed by atoms with Crippen LogP contribution in [0.3, 0.4) is 0 Å². The van der Waals surface area contributed by atoms with Gasteiger partial charge in [0.2, 0.25) is 15.9 Å². The standard InChI is InChI=1S/C26H27Br2N3O3S/c1-19(20-7-9-22(10-8-20)21-5-3-2-4-6-21)29-26(32)18-30-13-15-31(16-14-30)35(33,34)25-17-23(27)11-12-24(25)28/h2-12,17,19H,13-16,18H2,1H3,(H,29,32). The molecule has 184 valence electrons. The molecular weight excluding hydrogens is 594 g/mol. The summed E-state index contributed by atoms with van der Waals surface area (Å²) in [6.45, 7) is 3.88. The highest BCUT2D eigenvalue weighted by atomic mass is 79.9. The van der Waals surface area contributed by atoms with Gasteiger partial charge < -0.3 is 5.32 Å². The van der Waals surface area contributed by atoms with Gasteiger partial charge in [-0.05, 0) is 57.7 Å². The molecule has 4 rings (SSSR count). The first-order chi connectivity index (χ1) is 16.7. The number of sulfonamides is 1. The lowest BCUT2D eigenvalue weighted by molar-refractivity contribution is -0.123. The van der Waals surface area contributed by atoms with E-state index in [0.29, 0.717) is 35.1 Å². The first-order valence-electron chi connectivity index (χ1n) is 11.4. The van der Waals surface area contributed by atoms with Crippen molar-refractivity contribution in [2.75, 3.05) is 32.7 Å². The van der Waals surface area contributed by atoms with E-state index in [-0.39, 0.29) is 23.4 Å². The number of piperazine rings is 1. The van der Waals surface area contributed by atoms with Crippen LogP contribution in [0.4, 0.5) is 0 Å². The lowest BCUT2D eigenvalue weighted by atomic mass is 10.0. The molecule has 3 aromatic carbocycles. The molecule has 35 heavy (non-hydrogen) atoms. The van der Waals surface area contributed by atoms with Crippen LogP contribution in [0, 0.1) is 0 Å². The van der Waals surface area contributed by atoms with Crippen LogP contribution in [0.2, 0.25) is 0 Å². The second-order valence-electron chi connectivity index (χ2n) is 8.53. The highest BCUT2D eigenvalue weighted by Gasteiger charge is 2.30. The molecule has 1 aliphatic rings. The number of rotatable bonds is 7. The number of amides is 1. The van der Waals surface area contributed by atoms with Gasteiger partial charge in [-0.2, -0.15) is 4.31 Å². The summed E-state index contributed by atoms with van der Waals surface area (Å²) in [5.41, 5.74) is 3.33. The molecule has 1 N–H and O–H groups in total.